The third kappa shape index (κ3) is 3.54. The monoisotopic (exact) mass is 364 g/mol. The molecular formula is C13H9F9N2. The molecule has 2 nitrogen and oxygen atoms in total. The molecule has 0 spiro atoms. The molecule has 0 aliphatic carbocycles. The minimum atomic E-state index is -6.99. The van der Waals surface area contributed by atoms with Crippen molar-refractivity contribution >= 4 is 5.70 Å². The molecule has 0 aliphatic heterocycles. The number of rotatable bonds is 5. The number of allylic oxidation sites excluding steroid dienone is 1. The highest BCUT2D eigenvalue weighted by atomic mass is 19.4. The van der Waals surface area contributed by atoms with Gasteiger partial charge >= 0.3 is 24.1 Å². The van der Waals surface area contributed by atoms with E-state index in [2.05, 4.69) is 5.11 Å². The van der Waals surface area contributed by atoms with Gasteiger partial charge < -0.3 is 0 Å². The molecule has 0 amide bonds. The Balaban J connectivity index is 3.20. The van der Waals surface area contributed by atoms with Crippen LogP contribution in [0.5, 0.6) is 0 Å². The zero-order valence-corrected chi connectivity index (χ0v) is 11.8. The van der Waals surface area contributed by atoms with Crippen molar-refractivity contribution in [2.75, 3.05) is 0 Å². The van der Waals surface area contributed by atoms with Crippen LogP contribution in [0.2, 0.25) is 0 Å². The zero-order valence-electron chi connectivity index (χ0n) is 11.8. The van der Waals surface area contributed by atoms with Crippen molar-refractivity contribution in [1.29, 1.82) is 0 Å². The van der Waals surface area contributed by atoms with E-state index in [1.54, 1.807) is 5.11 Å². The van der Waals surface area contributed by atoms with Crippen LogP contribution in [0, 0.1) is 0 Å². The van der Waals surface area contributed by atoms with E-state index in [1.165, 1.54) is 37.3 Å². The number of hydrogen-bond donors (Lipinski definition) is 0. The van der Waals surface area contributed by atoms with Crippen molar-refractivity contribution in [2.45, 2.75) is 31.0 Å². The third-order valence-electron chi connectivity index (χ3n) is 2.75. The summed E-state index contributed by atoms with van der Waals surface area (Å²) in [5.74, 6) is -13.8. The predicted molar refractivity (Wildman–Crippen MR) is 65.8 cm³/mol. The van der Waals surface area contributed by atoms with E-state index in [-0.39, 0.29) is 5.56 Å². The number of azo groups is 1. The standard InChI is InChI=1S/C13H9F9N2/c1-2-9(8-6-4-3-5-7-8)23-24-13(21,22)11(16,17)10(14,15)12(18,19)20/h2-7H,1H3. The lowest BCUT2D eigenvalue weighted by Gasteiger charge is -2.30. The lowest BCUT2D eigenvalue weighted by atomic mass is 10.1. The molecule has 1 aromatic carbocycles. The van der Waals surface area contributed by atoms with E-state index in [4.69, 9.17) is 0 Å². The number of benzene rings is 1. The first-order valence-corrected chi connectivity index (χ1v) is 6.12. The molecule has 1 rings (SSSR count). The molecule has 0 aliphatic rings. The Bertz CT molecular complexity index is 618. The van der Waals surface area contributed by atoms with Gasteiger partial charge in [0.05, 0.1) is 5.70 Å². The maximum atomic E-state index is 13.2. The highest BCUT2D eigenvalue weighted by Gasteiger charge is 2.82. The first-order valence-electron chi connectivity index (χ1n) is 6.12. The topological polar surface area (TPSA) is 24.7 Å². The Morgan fingerprint density at radius 3 is 1.75 bits per heavy atom. The lowest BCUT2D eigenvalue weighted by Crippen LogP contribution is -2.60. The van der Waals surface area contributed by atoms with Crippen LogP contribution in [0.15, 0.2) is 46.6 Å². The van der Waals surface area contributed by atoms with Crippen LogP contribution >= 0.6 is 0 Å². The van der Waals surface area contributed by atoms with Crippen LogP contribution in [0.3, 0.4) is 0 Å². The van der Waals surface area contributed by atoms with Crippen LogP contribution in [-0.2, 0) is 0 Å². The zero-order chi connectivity index (χ0) is 18.8. The maximum absolute atomic E-state index is 13.2. The van der Waals surface area contributed by atoms with E-state index >= 15 is 0 Å². The fourth-order valence-electron chi connectivity index (χ4n) is 1.44. The summed E-state index contributed by atoms with van der Waals surface area (Å²) in [6.45, 7) is 1.25. The van der Waals surface area contributed by atoms with Crippen molar-refractivity contribution in [3.63, 3.8) is 0 Å². The molecule has 1 aromatic rings. The Kier molecular flexibility index (Phi) is 5.36. The SMILES string of the molecule is CC=C(N=NC(F)(F)C(F)(F)C(F)(F)C(F)(F)F)c1ccccc1. The van der Waals surface area contributed by atoms with E-state index in [9.17, 15) is 39.5 Å². The molecule has 0 N–H and O–H groups in total. The van der Waals surface area contributed by atoms with Gasteiger partial charge in [0.1, 0.15) is 0 Å². The number of hydrogen-bond acceptors (Lipinski definition) is 2. The molecule has 0 heterocycles. The van der Waals surface area contributed by atoms with Gasteiger partial charge in [-0.15, -0.1) is 10.2 Å². The van der Waals surface area contributed by atoms with Crippen LogP contribution in [0.4, 0.5) is 39.5 Å². The van der Waals surface area contributed by atoms with Crippen LogP contribution < -0.4 is 0 Å². The van der Waals surface area contributed by atoms with Gasteiger partial charge in [-0.25, -0.2) is 0 Å². The molecule has 0 radical (unpaired) electrons. The van der Waals surface area contributed by atoms with Crippen LogP contribution in [0.1, 0.15) is 12.5 Å². The van der Waals surface area contributed by atoms with E-state index in [0.29, 0.717) is 0 Å². The summed E-state index contributed by atoms with van der Waals surface area (Å²) >= 11 is 0. The summed E-state index contributed by atoms with van der Waals surface area (Å²) < 4.78 is 114. The van der Waals surface area contributed by atoms with Gasteiger partial charge in [-0.2, -0.15) is 39.5 Å². The minimum Gasteiger partial charge on any atom is -0.190 e. The van der Waals surface area contributed by atoms with E-state index in [1.807, 2.05) is 0 Å². The van der Waals surface area contributed by atoms with Crippen LogP contribution in [0.25, 0.3) is 5.70 Å². The maximum Gasteiger partial charge on any atom is 0.460 e. The molecule has 0 saturated heterocycles. The molecule has 134 valence electrons. The summed E-state index contributed by atoms with van der Waals surface area (Å²) in [5.41, 5.74) is -0.299. The van der Waals surface area contributed by atoms with E-state index in [0.717, 1.165) is 6.08 Å². The fourth-order valence-corrected chi connectivity index (χ4v) is 1.44. The van der Waals surface area contributed by atoms with Gasteiger partial charge in [0.2, 0.25) is 0 Å². The molecule has 11 heteroatoms. The van der Waals surface area contributed by atoms with Crippen molar-refractivity contribution in [3.8, 4) is 0 Å². The smallest absolute Gasteiger partial charge is 0.190 e. The number of alkyl halides is 9. The molecule has 0 bridgehead atoms. The average Bonchev–Trinajstić information content (AvgIpc) is 2.47. The Hall–Kier alpha value is -2.07. The molecular weight excluding hydrogens is 355 g/mol. The quantitative estimate of drug-likeness (QED) is 0.352. The summed E-state index contributed by atoms with van der Waals surface area (Å²) in [4.78, 5) is 0. The van der Waals surface area contributed by atoms with Crippen molar-refractivity contribution in [2.24, 2.45) is 10.2 Å². The predicted octanol–water partition coefficient (Wildman–Crippen LogP) is 5.93. The van der Waals surface area contributed by atoms with Gasteiger partial charge in [-0.1, -0.05) is 36.4 Å². The molecule has 0 aromatic heterocycles. The molecule has 0 saturated carbocycles. The first-order chi connectivity index (χ1) is 10.8. The first kappa shape index (κ1) is 20.0. The average molecular weight is 364 g/mol. The lowest BCUT2D eigenvalue weighted by molar-refractivity contribution is -0.395. The number of halogens is 9. The van der Waals surface area contributed by atoms with Crippen molar-refractivity contribution in [3.05, 3.63) is 42.0 Å². The fraction of sp³-hybridized carbons (Fsp3) is 0.385. The summed E-state index contributed by atoms with van der Waals surface area (Å²) in [7, 11) is 0. The van der Waals surface area contributed by atoms with Gasteiger partial charge in [-0.3, -0.25) is 0 Å². The largest absolute Gasteiger partial charge is 0.460 e. The second-order valence-corrected chi connectivity index (χ2v) is 4.43. The van der Waals surface area contributed by atoms with Crippen molar-refractivity contribution < 1.29 is 39.5 Å². The molecule has 0 atom stereocenters. The Morgan fingerprint density at radius 1 is 0.833 bits per heavy atom. The molecule has 24 heavy (non-hydrogen) atoms. The third-order valence-corrected chi connectivity index (χ3v) is 2.75. The van der Waals surface area contributed by atoms with E-state index < -0.39 is 29.8 Å². The second kappa shape index (κ2) is 6.44. The van der Waals surface area contributed by atoms with Crippen LogP contribution in [-0.4, -0.2) is 24.1 Å². The summed E-state index contributed by atoms with van der Waals surface area (Å²) in [6, 6.07) is 0.928. The van der Waals surface area contributed by atoms with Gasteiger partial charge in [0.25, 0.3) is 0 Å². The normalized spacial score (nSPS) is 15.2. The van der Waals surface area contributed by atoms with Gasteiger partial charge in [-0.05, 0) is 6.92 Å². The van der Waals surface area contributed by atoms with Gasteiger partial charge in [0.15, 0.2) is 0 Å². The summed E-state index contributed by atoms with van der Waals surface area (Å²) in [5, 5.41) is 4.45. The highest BCUT2D eigenvalue weighted by Crippen LogP contribution is 2.53. The second-order valence-electron chi connectivity index (χ2n) is 4.43. The minimum absolute atomic E-state index is 0.116. The Morgan fingerprint density at radius 2 is 1.33 bits per heavy atom. The Labute approximate surface area is 129 Å². The number of nitrogens with zero attached hydrogens (tertiary/aromatic N) is 2. The summed E-state index contributed by atoms with van der Waals surface area (Å²) in [6.07, 6.45) is -5.85. The van der Waals surface area contributed by atoms with Gasteiger partial charge in [0, 0.05) is 5.56 Å². The van der Waals surface area contributed by atoms with Crippen molar-refractivity contribution in [1.82, 2.24) is 0 Å². The molecule has 0 unspecified atom stereocenters. The highest BCUT2D eigenvalue weighted by molar-refractivity contribution is 5.63. The molecule has 0 fully saturated rings.